The van der Waals surface area contributed by atoms with E-state index < -0.39 is 16.0 Å². The first-order chi connectivity index (χ1) is 13.8. The molecule has 1 aromatic carbocycles. The third-order valence-electron chi connectivity index (χ3n) is 4.21. The fourth-order valence-electron chi connectivity index (χ4n) is 2.77. The Balaban J connectivity index is 1.84. The van der Waals surface area contributed by atoms with Crippen LogP contribution in [-0.2, 0) is 10.0 Å². The Kier molecular flexibility index (Phi) is 4.77. The Morgan fingerprint density at radius 1 is 1.17 bits per heavy atom. The summed E-state index contributed by atoms with van der Waals surface area (Å²) in [6, 6.07) is 7.98. The average Bonchev–Trinajstić information content (AvgIpc) is 3.29. The minimum Gasteiger partial charge on any atom is -0.478 e. The van der Waals surface area contributed by atoms with Crippen LogP contribution < -0.4 is 5.32 Å². The molecule has 0 aliphatic rings. The maximum absolute atomic E-state index is 13.1. The van der Waals surface area contributed by atoms with E-state index in [1.165, 1.54) is 41.1 Å². The molecule has 11 heteroatoms. The predicted octanol–water partition coefficient (Wildman–Crippen LogP) is 4.13. The molecule has 148 valence electrons. The molecule has 0 fully saturated rings. The van der Waals surface area contributed by atoms with Gasteiger partial charge in [-0.3, -0.25) is 0 Å². The summed E-state index contributed by atoms with van der Waals surface area (Å²) in [5.74, 6) is -0.886. The van der Waals surface area contributed by atoms with Gasteiger partial charge in [0.25, 0.3) is 10.0 Å². The zero-order valence-electron chi connectivity index (χ0n) is 14.8. The summed E-state index contributed by atoms with van der Waals surface area (Å²) >= 11 is 7.24. The number of halogens is 1. The van der Waals surface area contributed by atoms with Gasteiger partial charge >= 0.3 is 5.97 Å². The van der Waals surface area contributed by atoms with Gasteiger partial charge in [-0.1, -0.05) is 17.7 Å². The molecule has 3 aromatic heterocycles. The first-order valence-corrected chi connectivity index (χ1v) is 11.0. The maximum atomic E-state index is 13.1. The van der Waals surface area contributed by atoms with E-state index in [-0.39, 0.29) is 27.2 Å². The molecule has 0 radical (unpaired) electrons. The molecule has 8 nitrogen and oxygen atoms in total. The van der Waals surface area contributed by atoms with Gasteiger partial charge in [0, 0.05) is 17.0 Å². The zero-order chi connectivity index (χ0) is 20.8. The minimum atomic E-state index is -3.91. The number of carbonyl (C=O) groups is 1. The Hall–Kier alpha value is -2.95. The number of rotatable bonds is 5. The number of hydrogen-bond acceptors (Lipinski definition) is 7. The highest BCUT2D eigenvalue weighted by molar-refractivity contribution is 7.90. The fraction of sp³-hybridized carbons (Fsp3) is 0.0556. The number of aryl methyl sites for hydroxylation is 1. The van der Waals surface area contributed by atoms with Gasteiger partial charge in [0.15, 0.2) is 5.65 Å². The van der Waals surface area contributed by atoms with Gasteiger partial charge < -0.3 is 10.4 Å². The number of carboxylic acids is 1. The molecule has 29 heavy (non-hydrogen) atoms. The highest BCUT2D eigenvalue weighted by atomic mass is 35.5. The summed E-state index contributed by atoms with van der Waals surface area (Å²) in [6.45, 7) is 1.86. The number of anilines is 2. The maximum Gasteiger partial charge on any atom is 0.338 e. The quantitative estimate of drug-likeness (QED) is 0.441. The van der Waals surface area contributed by atoms with E-state index in [1.54, 1.807) is 17.5 Å². The second kappa shape index (κ2) is 7.14. The Labute approximate surface area is 174 Å². The van der Waals surface area contributed by atoms with Crippen molar-refractivity contribution in [3.05, 3.63) is 63.7 Å². The van der Waals surface area contributed by atoms with Gasteiger partial charge in [-0.15, -0.1) is 11.3 Å². The van der Waals surface area contributed by atoms with Crippen molar-refractivity contribution in [2.24, 2.45) is 0 Å². The van der Waals surface area contributed by atoms with Crippen LogP contribution in [0.1, 0.15) is 15.9 Å². The van der Waals surface area contributed by atoms with Gasteiger partial charge in [-0.05, 0) is 36.7 Å². The highest BCUT2D eigenvalue weighted by Crippen LogP contribution is 2.31. The Bertz CT molecular complexity index is 1340. The Morgan fingerprint density at radius 3 is 2.59 bits per heavy atom. The lowest BCUT2D eigenvalue weighted by Crippen LogP contribution is -2.13. The van der Waals surface area contributed by atoms with Gasteiger partial charge in [0.1, 0.15) is 5.82 Å². The van der Waals surface area contributed by atoms with Gasteiger partial charge in [-0.2, -0.15) is 9.97 Å². The first-order valence-electron chi connectivity index (χ1n) is 8.21. The molecule has 0 amide bonds. The summed E-state index contributed by atoms with van der Waals surface area (Å²) in [4.78, 5) is 19.6. The van der Waals surface area contributed by atoms with Gasteiger partial charge in [-0.25, -0.2) is 17.2 Å². The van der Waals surface area contributed by atoms with Gasteiger partial charge in [0.2, 0.25) is 5.28 Å². The van der Waals surface area contributed by atoms with Crippen LogP contribution in [0, 0.1) is 6.92 Å². The SMILES string of the molecule is Cc1ccc(S(=O)(=O)n2ccc3c(Nc4cscc4C(=O)O)nc(Cl)nc32)cc1. The fourth-order valence-corrected chi connectivity index (χ4v) is 4.98. The first kappa shape index (κ1) is 19.4. The molecule has 4 rings (SSSR count). The Morgan fingerprint density at radius 2 is 1.90 bits per heavy atom. The number of nitrogens with one attached hydrogen (secondary N) is 1. The zero-order valence-corrected chi connectivity index (χ0v) is 17.2. The minimum absolute atomic E-state index is 0.0737. The molecule has 4 aromatic rings. The number of carboxylic acid groups (broad SMARTS) is 1. The van der Waals surface area contributed by atoms with Crippen molar-refractivity contribution in [1.82, 2.24) is 13.9 Å². The van der Waals surface area contributed by atoms with Crippen molar-refractivity contribution in [2.45, 2.75) is 11.8 Å². The molecular weight excluding hydrogens is 436 g/mol. The van der Waals surface area contributed by atoms with E-state index in [9.17, 15) is 18.3 Å². The highest BCUT2D eigenvalue weighted by Gasteiger charge is 2.22. The van der Waals surface area contributed by atoms with Crippen molar-refractivity contribution in [3.63, 3.8) is 0 Å². The van der Waals surface area contributed by atoms with Crippen LogP contribution in [0.15, 0.2) is 52.2 Å². The van der Waals surface area contributed by atoms with E-state index in [2.05, 4.69) is 15.3 Å². The smallest absolute Gasteiger partial charge is 0.338 e. The summed E-state index contributed by atoms with van der Waals surface area (Å²) in [6.07, 6.45) is 1.36. The van der Waals surface area contributed by atoms with E-state index in [0.717, 1.165) is 9.54 Å². The molecule has 0 bridgehead atoms. The lowest BCUT2D eigenvalue weighted by Gasteiger charge is -2.10. The summed E-state index contributed by atoms with van der Waals surface area (Å²) in [5.41, 5.74) is 1.42. The van der Waals surface area contributed by atoms with Crippen LogP contribution >= 0.6 is 22.9 Å². The molecule has 2 N–H and O–H groups in total. The van der Waals surface area contributed by atoms with Crippen LogP contribution in [0.5, 0.6) is 0 Å². The summed E-state index contributed by atoms with van der Waals surface area (Å²) in [7, 11) is -3.91. The van der Waals surface area contributed by atoms with Crippen LogP contribution in [0.25, 0.3) is 11.0 Å². The standard InChI is InChI=1S/C18H13ClN4O4S2/c1-10-2-4-11(5-3-10)29(26,27)23-7-6-12-15(21-18(19)22-16(12)23)20-14-9-28-8-13(14)17(24)25/h2-9H,1H3,(H,24,25)(H,20,21,22). The third-order valence-corrected chi connectivity index (χ3v) is 6.80. The van der Waals surface area contributed by atoms with Crippen LogP contribution in [0.3, 0.4) is 0 Å². The van der Waals surface area contributed by atoms with Crippen molar-refractivity contribution in [2.75, 3.05) is 5.32 Å². The number of nitrogens with zero attached hydrogens (tertiary/aromatic N) is 3. The lowest BCUT2D eigenvalue weighted by atomic mass is 10.2. The van der Waals surface area contributed by atoms with Crippen LogP contribution in [0.4, 0.5) is 11.5 Å². The van der Waals surface area contributed by atoms with E-state index in [4.69, 9.17) is 11.6 Å². The second-order valence-corrected chi connectivity index (χ2v) is 9.03. The number of aromatic nitrogens is 3. The van der Waals surface area contributed by atoms with Crippen LogP contribution in [0.2, 0.25) is 5.28 Å². The third kappa shape index (κ3) is 3.46. The molecule has 0 aliphatic heterocycles. The molecule has 0 unspecified atom stereocenters. The number of thiophene rings is 1. The largest absolute Gasteiger partial charge is 0.478 e. The topological polar surface area (TPSA) is 114 Å². The second-order valence-electron chi connectivity index (χ2n) is 6.14. The monoisotopic (exact) mass is 448 g/mol. The molecule has 3 heterocycles. The normalized spacial score (nSPS) is 11.7. The molecule has 0 saturated heterocycles. The van der Waals surface area contributed by atoms with Crippen molar-refractivity contribution in [1.29, 1.82) is 0 Å². The molecule has 0 saturated carbocycles. The summed E-state index contributed by atoms with van der Waals surface area (Å²) in [5, 5.41) is 15.5. The lowest BCUT2D eigenvalue weighted by molar-refractivity contribution is 0.0698. The van der Waals surface area contributed by atoms with Gasteiger partial charge in [0.05, 0.1) is 21.5 Å². The number of hydrogen-bond donors (Lipinski definition) is 2. The van der Waals surface area contributed by atoms with E-state index in [0.29, 0.717) is 11.1 Å². The molecule has 0 atom stereocenters. The number of benzene rings is 1. The van der Waals surface area contributed by atoms with Crippen molar-refractivity contribution < 1.29 is 18.3 Å². The van der Waals surface area contributed by atoms with Crippen molar-refractivity contribution >= 4 is 61.5 Å². The average molecular weight is 449 g/mol. The summed E-state index contributed by atoms with van der Waals surface area (Å²) < 4.78 is 27.2. The molecular formula is C18H13ClN4O4S2. The van der Waals surface area contributed by atoms with Crippen LogP contribution in [-0.4, -0.2) is 33.4 Å². The van der Waals surface area contributed by atoms with E-state index in [1.807, 2.05) is 6.92 Å². The van der Waals surface area contributed by atoms with E-state index >= 15 is 0 Å². The molecule has 0 spiro atoms. The molecule has 0 aliphatic carbocycles. The van der Waals surface area contributed by atoms with Crippen molar-refractivity contribution in [3.8, 4) is 0 Å². The number of fused-ring (bicyclic) bond motifs is 1. The number of aromatic carboxylic acids is 1. The predicted molar refractivity (Wildman–Crippen MR) is 111 cm³/mol.